The fourth-order valence-corrected chi connectivity index (χ4v) is 9.20. The van der Waals surface area contributed by atoms with Gasteiger partial charge in [0.05, 0.1) is 46.7 Å². The number of nitrogens with zero attached hydrogens (tertiary/aromatic N) is 7. The van der Waals surface area contributed by atoms with E-state index < -0.39 is 40.7 Å². The molecule has 3 saturated heterocycles. The molecule has 1 saturated carbocycles. The second kappa shape index (κ2) is 15.8. The van der Waals surface area contributed by atoms with Crippen molar-refractivity contribution in [1.82, 2.24) is 34.9 Å². The molecule has 4 amide bonds. The average molecular weight is 814 g/mol. The van der Waals surface area contributed by atoms with Crippen LogP contribution in [0.4, 0.5) is 29.3 Å². The number of urea groups is 1. The number of fused-ring (bicyclic) bond motifs is 2. The number of pyridine rings is 1. The first-order valence-corrected chi connectivity index (χ1v) is 20.3. The molecule has 14 nitrogen and oxygen atoms in total. The number of aromatic nitrogens is 4. The van der Waals surface area contributed by atoms with Gasteiger partial charge in [-0.3, -0.25) is 29.4 Å². The van der Waals surface area contributed by atoms with Gasteiger partial charge < -0.3 is 20.1 Å². The molecule has 1 atom stereocenters. The summed E-state index contributed by atoms with van der Waals surface area (Å²) in [6.07, 6.45) is 12.1. The van der Waals surface area contributed by atoms with E-state index in [4.69, 9.17) is 9.84 Å². The van der Waals surface area contributed by atoms with Crippen molar-refractivity contribution in [2.45, 2.75) is 63.0 Å². The largest absolute Gasteiger partial charge is 0.503 e. The normalized spacial score (nSPS) is 22.8. The highest BCUT2D eigenvalue weighted by molar-refractivity contribution is 6.07. The smallest absolute Gasteiger partial charge is 0.328 e. The summed E-state index contributed by atoms with van der Waals surface area (Å²) in [5.41, 5.74) is 3.72. The van der Waals surface area contributed by atoms with Gasteiger partial charge in [-0.05, 0) is 93.3 Å². The molecule has 4 aliphatic rings. The van der Waals surface area contributed by atoms with Crippen molar-refractivity contribution in [2.75, 3.05) is 62.2 Å². The monoisotopic (exact) mass is 813 g/mol. The Hall–Kier alpha value is -5.68. The zero-order chi connectivity index (χ0) is 40.8. The van der Waals surface area contributed by atoms with Crippen molar-refractivity contribution in [3.8, 4) is 5.75 Å². The maximum absolute atomic E-state index is 14.2. The molecule has 5 aromatic rings. The van der Waals surface area contributed by atoms with E-state index in [9.17, 15) is 32.7 Å². The summed E-state index contributed by atoms with van der Waals surface area (Å²) in [4.78, 5) is 42.9. The standard InChI is InChI=1S/C42H46F3N9O5/c43-32-19-31(37(44)38(45)39(32)56)40(57)46-20-26-3-7-29(8-4-26)53-23-28-6-9-30(18-33(28)49-53)51-15-12-42(25-51)24-50(16-17-59-42)13-1-2-27-5-10-34-35(21-47-54(34)22-27)52-14-11-36(55)48-41(52)58/h5-6,9-10,18-19,21-23,26,29,56H,1-4,7-8,11-17,20,24-25H2,(H,46,57)(H,48,55,58)/t26?,29?,42-/m0/s1. The van der Waals surface area contributed by atoms with E-state index >= 15 is 0 Å². The lowest BCUT2D eigenvalue weighted by Gasteiger charge is -2.40. The number of nitrogens with one attached hydrogen (secondary N) is 2. The van der Waals surface area contributed by atoms with Crippen LogP contribution in [0.5, 0.6) is 5.75 Å². The Morgan fingerprint density at radius 3 is 2.68 bits per heavy atom. The molecule has 1 aliphatic carbocycles. The number of imide groups is 1. The molecule has 9 rings (SSSR count). The predicted molar refractivity (Wildman–Crippen MR) is 212 cm³/mol. The molecule has 310 valence electrons. The number of rotatable bonds is 10. The molecule has 3 aromatic heterocycles. The number of hydrogen-bond donors (Lipinski definition) is 3. The van der Waals surface area contributed by atoms with Crippen molar-refractivity contribution in [2.24, 2.45) is 5.92 Å². The van der Waals surface area contributed by atoms with Gasteiger partial charge in [0.2, 0.25) is 11.7 Å². The number of ether oxygens (including phenoxy) is 1. The quantitative estimate of drug-likeness (QED) is 0.159. The topological polar surface area (TPSA) is 150 Å². The molecule has 0 bridgehead atoms. The van der Waals surface area contributed by atoms with Gasteiger partial charge in [-0.25, -0.2) is 18.1 Å². The van der Waals surface area contributed by atoms with Gasteiger partial charge >= 0.3 is 6.03 Å². The summed E-state index contributed by atoms with van der Waals surface area (Å²) in [5.74, 6) is -7.24. The SMILES string of the molecule is O=C1CCN(c2cnn3cc(CCCN4CCO[C@@]5(CCN(c6ccc7cn(C8CCC(CNC(=O)c9cc(F)c(O)c(F)c9F)CC8)nc7c6)C5)C4)ccc23)C(=O)N1. The first kappa shape index (κ1) is 38.8. The minimum Gasteiger partial charge on any atom is -0.503 e. The highest BCUT2D eigenvalue weighted by atomic mass is 19.2. The summed E-state index contributed by atoms with van der Waals surface area (Å²) < 4.78 is 52.0. The van der Waals surface area contributed by atoms with E-state index in [2.05, 4.69) is 56.0 Å². The van der Waals surface area contributed by atoms with Crippen LogP contribution in [0.25, 0.3) is 16.4 Å². The number of halogens is 3. The number of anilines is 2. The average Bonchev–Trinajstić information content (AvgIpc) is 3.98. The van der Waals surface area contributed by atoms with Gasteiger partial charge in [0.1, 0.15) is 0 Å². The van der Waals surface area contributed by atoms with Gasteiger partial charge in [-0.2, -0.15) is 14.6 Å². The van der Waals surface area contributed by atoms with Gasteiger partial charge in [-0.1, -0.05) is 6.07 Å². The molecule has 0 radical (unpaired) electrons. The number of phenolic OH excluding ortho intramolecular Hbond substituents is 1. The number of aromatic hydroxyl groups is 1. The molecule has 3 N–H and O–H groups in total. The van der Waals surface area contributed by atoms with Crippen molar-refractivity contribution in [1.29, 1.82) is 0 Å². The zero-order valence-electron chi connectivity index (χ0n) is 32.5. The number of aryl methyl sites for hydroxylation is 1. The van der Waals surface area contributed by atoms with Crippen LogP contribution in [-0.2, 0) is 16.0 Å². The Morgan fingerprint density at radius 1 is 1.00 bits per heavy atom. The summed E-state index contributed by atoms with van der Waals surface area (Å²) in [7, 11) is 0. The summed E-state index contributed by atoms with van der Waals surface area (Å²) in [6, 6.07) is 10.8. The van der Waals surface area contributed by atoms with Gasteiger partial charge in [0, 0.05) is 69.2 Å². The fourth-order valence-electron chi connectivity index (χ4n) is 9.20. The highest BCUT2D eigenvalue weighted by Gasteiger charge is 2.43. The van der Waals surface area contributed by atoms with Crippen molar-refractivity contribution < 1.29 is 37.4 Å². The third kappa shape index (κ3) is 7.80. The van der Waals surface area contributed by atoms with E-state index in [-0.39, 0.29) is 36.4 Å². The van der Waals surface area contributed by atoms with Crippen molar-refractivity contribution >= 4 is 45.6 Å². The second-order valence-electron chi connectivity index (χ2n) is 16.4. The number of amides is 4. The molecule has 4 fully saturated rings. The van der Waals surface area contributed by atoms with E-state index in [0.717, 1.165) is 105 Å². The van der Waals surface area contributed by atoms with Gasteiger partial charge in [0.15, 0.2) is 17.4 Å². The van der Waals surface area contributed by atoms with Gasteiger partial charge in [0.25, 0.3) is 5.91 Å². The van der Waals surface area contributed by atoms with Gasteiger partial charge in [-0.15, -0.1) is 0 Å². The lowest BCUT2D eigenvalue weighted by molar-refractivity contribution is -0.120. The maximum Gasteiger partial charge on any atom is 0.328 e. The second-order valence-corrected chi connectivity index (χ2v) is 16.4. The lowest BCUT2D eigenvalue weighted by atomic mass is 9.86. The molecular formula is C42H46F3N9O5. The maximum atomic E-state index is 14.2. The first-order chi connectivity index (χ1) is 28.5. The zero-order valence-corrected chi connectivity index (χ0v) is 32.5. The third-order valence-corrected chi connectivity index (χ3v) is 12.5. The Bertz CT molecular complexity index is 2430. The molecule has 59 heavy (non-hydrogen) atoms. The molecule has 0 unspecified atom stereocenters. The molecule has 17 heteroatoms. The molecule has 3 aliphatic heterocycles. The minimum atomic E-state index is -1.78. The number of carbonyl (C=O) groups is 3. The number of morpholine rings is 1. The van der Waals surface area contributed by atoms with E-state index in [1.165, 1.54) is 0 Å². The molecular weight excluding hydrogens is 768 g/mol. The predicted octanol–water partition coefficient (Wildman–Crippen LogP) is 5.33. The Kier molecular flexibility index (Phi) is 10.4. The molecule has 6 heterocycles. The van der Waals surface area contributed by atoms with Crippen LogP contribution >= 0.6 is 0 Å². The third-order valence-electron chi connectivity index (χ3n) is 12.5. The summed E-state index contributed by atoms with van der Waals surface area (Å²) >= 11 is 0. The number of hydrogen-bond acceptors (Lipinski definition) is 9. The van der Waals surface area contributed by atoms with E-state index in [1.54, 1.807) is 15.6 Å². The lowest BCUT2D eigenvalue weighted by Crippen LogP contribution is -2.53. The van der Waals surface area contributed by atoms with E-state index in [0.29, 0.717) is 24.9 Å². The van der Waals surface area contributed by atoms with E-state index in [1.807, 2.05) is 16.9 Å². The van der Waals surface area contributed by atoms with Crippen LogP contribution in [0.3, 0.4) is 0 Å². The number of phenols is 1. The summed E-state index contributed by atoms with van der Waals surface area (Å²) in [5, 5.41) is 24.7. The van der Waals surface area contributed by atoms with Crippen LogP contribution in [0.15, 0.2) is 55.0 Å². The van der Waals surface area contributed by atoms with Crippen LogP contribution in [0.2, 0.25) is 0 Å². The van der Waals surface area contributed by atoms with Crippen LogP contribution in [-0.4, -0.2) is 105 Å². The van der Waals surface area contributed by atoms with Crippen LogP contribution < -0.4 is 20.4 Å². The minimum absolute atomic E-state index is 0.127. The summed E-state index contributed by atoms with van der Waals surface area (Å²) in [6.45, 7) is 5.70. The Labute approximate surface area is 337 Å². The van der Waals surface area contributed by atoms with Crippen LogP contribution in [0, 0.1) is 23.4 Å². The van der Waals surface area contributed by atoms with Crippen LogP contribution in [0.1, 0.15) is 66.9 Å². The Balaban J connectivity index is 0.752. The number of carbonyl (C=O) groups excluding carboxylic acids is 3. The highest BCUT2D eigenvalue weighted by Crippen LogP contribution is 2.36. The Morgan fingerprint density at radius 2 is 1.85 bits per heavy atom. The molecule has 2 aromatic carbocycles. The van der Waals surface area contributed by atoms with Crippen molar-refractivity contribution in [3.63, 3.8) is 0 Å². The number of benzene rings is 2. The first-order valence-electron chi connectivity index (χ1n) is 20.3. The van der Waals surface area contributed by atoms with Crippen molar-refractivity contribution in [3.05, 3.63) is 83.6 Å². The molecule has 1 spiro atoms. The fraction of sp³-hybridized carbons (Fsp3) is 0.452.